The second-order valence-electron chi connectivity index (χ2n) is 4.79. The lowest BCUT2D eigenvalue weighted by Gasteiger charge is -2.17. The van der Waals surface area contributed by atoms with Gasteiger partial charge in [0.15, 0.2) is 6.29 Å². The quantitative estimate of drug-likeness (QED) is 0.341. The van der Waals surface area contributed by atoms with Gasteiger partial charge in [-0.3, -0.25) is 0 Å². The average Bonchev–Trinajstić information content (AvgIpc) is 2.55. The van der Waals surface area contributed by atoms with Gasteiger partial charge in [0.2, 0.25) is 0 Å². The zero-order valence-electron chi connectivity index (χ0n) is 13.0. The van der Waals surface area contributed by atoms with Gasteiger partial charge in [-0.15, -0.1) is 0 Å². The van der Waals surface area contributed by atoms with Crippen molar-refractivity contribution in [3.05, 3.63) is 68.8 Å². The molecule has 0 radical (unpaired) electrons. The highest BCUT2D eigenvalue weighted by molar-refractivity contribution is 14.1. The number of hydrogen-bond acceptors (Lipinski definition) is 2. The van der Waals surface area contributed by atoms with E-state index in [0.717, 1.165) is 11.1 Å². The summed E-state index contributed by atoms with van der Waals surface area (Å²) < 4.78 is 12.5. The van der Waals surface area contributed by atoms with Crippen molar-refractivity contribution in [3.8, 4) is 0 Å². The minimum Gasteiger partial charge on any atom is -0.349 e. The Kier molecular flexibility index (Phi) is 7.09. The van der Waals surface area contributed by atoms with Gasteiger partial charge in [0.25, 0.3) is 0 Å². The Morgan fingerprint density at radius 2 is 1.27 bits per heavy atom. The third-order valence-electron chi connectivity index (χ3n) is 3.18. The molecule has 0 saturated heterocycles. The van der Waals surface area contributed by atoms with Crippen LogP contribution in [0.1, 0.15) is 36.8 Å². The maximum atomic E-state index is 5.61. The Morgan fingerprint density at radius 3 is 1.73 bits per heavy atom. The summed E-state index contributed by atoms with van der Waals surface area (Å²) in [4.78, 5) is 0. The first kappa shape index (κ1) is 17.2. The number of benzene rings is 2. The Hall–Kier alpha value is -1.17. The van der Waals surface area contributed by atoms with Crippen LogP contribution in [-0.4, -0.2) is 13.2 Å². The summed E-state index contributed by atoms with van der Waals surface area (Å²) in [7, 11) is 0. The van der Waals surface area contributed by atoms with E-state index < -0.39 is 0 Å². The second-order valence-corrected chi connectivity index (χ2v) is 6.04. The van der Waals surface area contributed by atoms with E-state index in [9.17, 15) is 0 Å². The molecule has 0 aliphatic carbocycles. The Labute approximate surface area is 146 Å². The van der Waals surface area contributed by atoms with Crippen molar-refractivity contribution in [2.24, 2.45) is 0 Å². The monoisotopic (exact) mass is 408 g/mol. The van der Waals surface area contributed by atoms with Crippen LogP contribution < -0.4 is 0 Å². The van der Waals surface area contributed by atoms with E-state index in [1.54, 1.807) is 0 Å². The number of rotatable bonds is 7. The summed E-state index contributed by atoms with van der Waals surface area (Å²) in [5, 5.41) is 0. The molecule has 2 rings (SSSR count). The fourth-order valence-electron chi connectivity index (χ4n) is 2.07. The molecule has 2 aromatic rings. The first-order valence-electron chi connectivity index (χ1n) is 7.49. The first-order chi connectivity index (χ1) is 10.7. The maximum absolute atomic E-state index is 5.61. The summed E-state index contributed by atoms with van der Waals surface area (Å²) in [5.41, 5.74) is 3.41. The van der Waals surface area contributed by atoms with Crippen molar-refractivity contribution in [2.75, 3.05) is 13.2 Å². The van der Waals surface area contributed by atoms with E-state index in [1.807, 2.05) is 13.8 Å². The van der Waals surface area contributed by atoms with Crippen LogP contribution in [0.15, 0.2) is 48.5 Å². The fourth-order valence-corrected chi connectivity index (χ4v) is 2.43. The number of ether oxygens (including phenoxy) is 2. The second kappa shape index (κ2) is 9.08. The highest BCUT2D eigenvalue weighted by Crippen LogP contribution is 2.20. The molecular formula is C19H21IO2. The predicted octanol–water partition coefficient (Wildman–Crippen LogP) is 5.53. The van der Waals surface area contributed by atoms with Crippen LogP contribution in [0.25, 0.3) is 12.2 Å². The summed E-state index contributed by atoms with van der Waals surface area (Å²) in [6.45, 7) is 5.23. The third-order valence-corrected chi connectivity index (χ3v) is 3.90. The molecule has 0 N–H and O–H groups in total. The molecule has 2 aromatic carbocycles. The average molecular weight is 408 g/mol. The van der Waals surface area contributed by atoms with Gasteiger partial charge in [-0.1, -0.05) is 48.6 Å². The molecule has 22 heavy (non-hydrogen) atoms. The largest absolute Gasteiger partial charge is 0.349 e. The van der Waals surface area contributed by atoms with Gasteiger partial charge < -0.3 is 9.47 Å². The van der Waals surface area contributed by atoms with Gasteiger partial charge in [-0.05, 0) is 59.7 Å². The summed E-state index contributed by atoms with van der Waals surface area (Å²) in [6.07, 6.45) is 3.96. The van der Waals surface area contributed by atoms with Crippen LogP contribution in [0.4, 0.5) is 0 Å². The highest BCUT2D eigenvalue weighted by atomic mass is 127. The molecule has 0 bridgehead atoms. The minimum atomic E-state index is -0.274. The highest BCUT2D eigenvalue weighted by Gasteiger charge is 2.10. The Bertz CT molecular complexity index is 582. The topological polar surface area (TPSA) is 18.5 Å². The molecule has 3 heteroatoms. The van der Waals surface area contributed by atoms with Crippen LogP contribution >= 0.6 is 22.6 Å². The lowest BCUT2D eigenvalue weighted by molar-refractivity contribution is -0.140. The van der Waals surface area contributed by atoms with E-state index in [4.69, 9.17) is 9.47 Å². The van der Waals surface area contributed by atoms with Crippen LogP contribution in [0.3, 0.4) is 0 Å². The predicted molar refractivity (Wildman–Crippen MR) is 101 cm³/mol. The van der Waals surface area contributed by atoms with Crippen LogP contribution in [-0.2, 0) is 9.47 Å². The summed E-state index contributed by atoms with van der Waals surface area (Å²) >= 11 is 2.31. The van der Waals surface area contributed by atoms with Gasteiger partial charge in [0.05, 0.1) is 0 Å². The molecule has 0 heterocycles. The smallest absolute Gasteiger partial charge is 0.183 e. The van der Waals surface area contributed by atoms with E-state index in [2.05, 4.69) is 83.3 Å². The molecule has 2 nitrogen and oxygen atoms in total. The minimum absolute atomic E-state index is 0.274. The van der Waals surface area contributed by atoms with Crippen molar-refractivity contribution >= 4 is 34.7 Å². The van der Waals surface area contributed by atoms with Crippen molar-refractivity contribution in [2.45, 2.75) is 20.1 Å². The summed E-state index contributed by atoms with van der Waals surface area (Å²) in [6, 6.07) is 16.7. The van der Waals surface area contributed by atoms with E-state index in [-0.39, 0.29) is 6.29 Å². The van der Waals surface area contributed by atoms with Crippen molar-refractivity contribution in [1.82, 2.24) is 0 Å². The standard InChI is InChI=1S/C19H21IO2/c1-3-21-19(22-4-2)17-11-7-15(8-12-17)5-6-16-9-13-18(20)14-10-16/h5-14,19H,3-4H2,1-2H3/b6-5+. The van der Waals surface area contributed by atoms with Crippen LogP contribution in [0.5, 0.6) is 0 Å². The zero-order valence-corrected chi connectivity index (χ0v) is 15.1. The van der Waals surface area contributed by atoms with E-state index >= 15 is 0 Å². The molecular weight excluding hydrogens is 387 g/mol. The van der Waals surface area contributed by atoms with Crippen molar-refractivity contribution in [3.63, 3.8) is 0 Å². The van der Waals surface area contributed by atoms with Gasteiger partial charge in [0.1, 0.15) is 0 Å². The van der Waals surface area contributed by atoms with Crippen LogP contribution in [0.2, 0.25) is 0 Å². The van der Waals surface area contributed by atoms with E-state index in [1.165, 1.54) is 9.13 Å². The Balaban J connectivity index is 2.06. The van der Waals surface area contributed by atoms with Gasteiger partial charge >= 0.3 is 0 Å². The molecule has 0 aromatic heterocycles. The third kappa shape index (κ3) is 5.23. The molecule has 0 fully saturated rings. The molecule has 0 unspecified atom stereocenters. The molecule has 0 saturated carbocycles. The zero-order chi connectivity index (χ0) is 15.8. The normalized spacial score (nSPS) is 11.5. The molecule has 116 valence electrons. The lowest BCUT2D eigenvalue weighted by Crippen LogP contribution is -2.08. The molecule has 0 atom stereocenters. The fraction of sp³-hybridized carbons (Fsp3) is 0.263. The van der Waals surface area contributed by atoms with Gasteiger partial charge in [-0.2, -0.15) is 0 Å². The van der Waals surface area contributed by atoms with E-state index in [0.29, 0.717) is 13.2 Å². The SMILES string of the molecule is CCOC(OCC)c1ccc(/C=C/c2ccc(I)cc2)cc1. The van der Waals surface area contributed by atoms with Crippen LogP contribution in [0, 0.1) is 3.57 Å². The first-order valence-corrected chi connectivity index (χ1v) is 8.57. The number of halogens is 1. The van der Waals surface area contributed by atoms with Crippen molar-refractivity contribution in [1.29, 1.82) is 0 Å². The molecule has 0 aliphatic heterocycles. The van der Waals surface area contributed by atoms with Crippen molar-refractivity contribution < 1.29 is 9.47 Å². The maximum Gasteiger partial charge on any atom is 0.183 e. The van der Waals surface area contributed by atoms with Gasteiger partial charge in [0, 0.05) is 22.3 Å². The Morgan fingerprint density at radius 1 is 0.818 bits per heavy atom. The lowest BCUT2D eigenvalue weighted by atomic mass is 10.1. The van der Waals surface area contributed by atoms with Gasteiger partial charge in [-0.25, -0.2) is 0 Å². The molecule has 0 aliphatic rings. The summed E-state index contributed by atoms with van der Waals surface area (Å²) in [5.74, 6) is 0. The number of hydrogen-bond donors (Lipinski definition) is 0. The molecule has 0 amide bonds. The molecule has 0 spiro atoms.